The minimum Gasteiger partial charge on any atom is -0.319 e. The first kappa shape index (κ1) is 17.9. The molecule has 1 rings (SSSR count). The Balaban J connectivity index is 0.00000324. The molecule has 0 amide bonds. The summed E-state index contributed by atoms with van der Waals surface area (Å²) < 4.78 is 99.7. The molecule has 1 aromatic carbocycles. The second kappa shape index (κ2) is 5.49. The summed E-state index contributed by atoms with van der Waals surface area (Å²) >= 11 is 0. The first-order valence-corrected chi connectivity index (χ1v) is 4.33. The lowest BCUT2D eigenvalue weighted by molar-refractivity contribution is -0.291. The van der Waals surface area contributed by atoms with Gasteiger partial charge < -0.3 is 5.73 Å². The van der Waals surface area contributed by atoms with E-state index >= 15 is 0 Å². The monoisotopic (exact) mass is 315 g/mol. The van der Waals surface area contributed by atoms with Crippen LogP contribution in [0.1, 0.15) is 11.6 Å². The summed E-state index contributed by atoms with van der Waals surface area (Å²) in [6.07, 6.45) is -6.04. The topological polar surface area (TPSA) is 26.0 Å². The van der Waals surface area contributed by atoms with E-state index in [2.05, 4.69) is 5.73 Å². The summed E-state index contributed by atoms with van der Waals surface area (Å²) in [5, 5.41) is 0. The summed E-state index contributed by atoms with van der Waals surface area (Å²) in [4.78, 5) is 0. The molecular weight excluding hydrogens is 310 g/mol. The summed E-state index contributed by atoms with van der Waals surface area (Å²) in [5.41, 5.74) is 3.12. The van der Waals surface area contributed by atoms with E-state index in [1.807, 2.05) is 0 Å². The number of benzene rings is 1. The van der Waals surface area contributed by atoms with Gasteiger partial charge in [0.2, 0.25) is 0 Å². The summed E-state index contributed by atoms with van der Waals surface area (Å²) in [5.74, 6) is -11.5. The molecule has 10 heteroatoms. The van der Waals surface area contributed by atoms with Crippen LogP contribution in [-0.4, -0.2) is 12.1 Å². The van der Waals surface area contributed by atoms with Gasteiger partial charge in [-0.15, -0.1) is 12.4 Å². The van der Waals surface area contributed by atoms with E-state index in [9.17, 15) is 35.1 Å². The van der Waals surface area contributed by atoms with Crippen molar-refractivity contribution >= 4 is 12.4 Å². The van der Waals surface area contributed by atoms with E-state index < -0.39 is 41.2 Å². The highest BCUT2D eigenvalue weighted by Gasteiger charge is 2.62. The third kappa shape index (κ3) is 3.08. The average molecular weight is 316 g/mol. The maximum absolute atomic E-state index is 13.0. The molecule has 0 saturated heterocycles. The fourth-order valence-electron chi connectivity index (χ4n) is 1.15. The molecule has 0 spiro atoms. The van der Waals surface area contributed by atoms with Gasteiger partial charge in [0.05, 0.1) is 0 Å². The van der Waals surface area contributed by atoms with Crippen LogP contribution in [0.2, 0.25) is 0 Å². The van der Waals surface area contributed by atoms with Gasteiger partial charge in [0, 0.05) is 5.56 Å². The number of alkyl halides is 5. The fraction of sp³-hybridized carbons (Fsp3) is 0.333. The van der Waals surface area contributed by atoms with Crippen LogP contribution in [0, 0.1) is 17.5 Å². The number of nitrogens with two attached hydrogens (primary N) is 1. The molecule has 0 saturated carbocycles. The molecule has 1 atom stereocenters. The third-order valence-corrected chi connectivity index (χ3v) is 2.17. The molecule has 0 radical (unpaired) electrons. The van der Waals surface area contributed by atoms with Crippen molar-refractivity contribution in [3.8, 4) is 0 Å². The standard InChI is InChI=1S/C9H5F8N.ClH/c10-4-2-1-3(5(11)6(4)12)7(18)8(13,14)9(15,16)17;/h1-2,7H,18H2;1H/t7-;/m1./s1. The minimum atomic E-state index is -6.04. The summed E-state index contributed by atoms with van der Waals surface area (Å²) in [7, 11) is 0. The van der Waals surface area contributed by atoms with Crippen LogP contribution in [0.3, 0.4) is 0 Å². The molecule has 0 aliphatic carbocycles. The lowest BCUT2D eigenvalue weighted by Crippen LogP contribution is -2.46. The van der Waals surface area contributed by atoms with E-state index in [1.165, 1.54) is 0 Å². The van der Waals surface area contributed by atoms with Gasteiger partial charge in [0.1, 0.15) is 6.04 Å². The Morgan fingerprint density at radius 2 is 1.37 bits per heavy atom. The smallest absolute Gasteiger partial charge is 0.319 e. The van der Waals surface area contributed by atoms with Crippen LogP contribution in [0.15, 0.2) is 12.1 Å². The highest BCUT2D eigenvalue weighted by Crippen LogP contribution is 2.43. The predicted octanol–water partition coefficient (Wildman–Crippen LogP) is 3.72. The number of hydrogen-bond acceptors (Lipinski definition) is 1. The van der Waals surface area contributed by atoms with E-state index in [1.54, 1.807) is 0 Å². The molecule has 0 unspecified atom stereocenters. The molecule has 1 nitrogen and oxygen atoms in total. The Kier molecular flexibility index (Phi) is 5.18. The van der Waals surface area contributed by atoms with Gasteiger partial charge in [-0.3, -0.25) is 0 Å². The number of hydrogen-bond donors (Lipinski definition) is 1. The van der Waals surface area contributed by atoms with Crippen molar-refractivity contribution in [2.75, 3.05) is 0 Å². The quantitative estimate of drug-likeness (QED) is 0.653. The SMILES string of the molecule is Cl.N[C@H](c1ccc(F)c(F)c1F)C(F)(F)C(F)(F)F. The lowest BCUT2D eigenvalue weighted by atomic mass is 10.00. The van der Waals surface area contributed by atoms with Crippen molar-refractivity contribution in [2.24, 2.45) is 5.73 Å². The van der Waals surface area contributed by atoms with Crippen LogP contribution in [0.4, 0.5) is 35.1 Å². The van der Waals surface area contributed by atoms with Gasteiger partial charge in [-0.2, -0.15) is 22.0 Å². The Hall–Kier alpha value is -1.09. The maximum Gasteiger partial charge on any atom is 0.455 e. The zero-order chi connectivity index (χ0) is 14.3. The normalized spacial score (nSPS) is 13.9. The van der Waals surface area contributed by atoms with Gasteiger partial charge in [-0.1, -0.05) is 6.07 Å². The lowest BCUT2D eigenvalue weighted by Gasteiger charge is -2.26. The molecule has 110 valence electrons. The second-order valence-electron chi connectivity index (χ2n) is 3.36. The van der Waals surface area contributed by atoms with E-state index in [4.69, 9.17) is 0 Å². The van der Waals surface area contributed by atoms with Gasteiger partial charge in [0.25, 0.3) is 0 Å². The maximum atomic E-state index is 13.0. The third-order valence-electron chi connectivity index (χ3n) is 2.17. The molecular formula is C9H6ClF8N. The zero-order valence-corrected chi connectivity index (χ0v) is 9.56. The highest BCUT2D eigenvalue weighted by atomic mass is 35.5. The van der Waals surface area contributed by atoms with Crippen LogP contribution in [-0.2, 0) is 0 Å². The van der Waals surface area contributed by atoms with Crippen molar-refractivity contribution in [3.05, 3.63) is 35.1 Å². The van der Waals surface area contributed by atoms with E-state index in [0.29, 0.717) is 0 Å². The molecule has 0 aliphatic heterocycles. The van der Waals surface area contributed by atoms with Crippen molar-refractivity contribution in [3.63, 3.8) is 0 Å². The molecule has 1 aromatic rings. The van der Waals surface area contributed by atoms with Crippen LogP contribution in [0.5, 0.6) is 0 Å². The highest BCUT2D eigenvalue weighted by molar-refractivity contribution is 5.85. The van der Waals surface area contributed by atoms with Gasteiger partial charge in [0.15, 0.2) is 17.5 Å². The largest absolute Gasteiger partial charge is 0.455 e. The average Bonchev–Trinajstić information content (AvgIpc) is 2.24. The molecule has 0 aromatic heterocycles. The van der Waals surface area contributed by atoms with Gasteiger partial charge >= 0.3 is 12.1 Å². The Labute approximate surface area is 107 Å². The molecule has 0 aliphatic rings. The number of halogens is 9. The van der Waals surface area contributed by atoms with Crippen LogP contribution in [0.25, 0.3) is 0 Å². The molecule has 0 bridgehead atoms. The predicted molar refractivity (Wildman–Crippen MR) is 51.5 cm³/mol. The van der Waals surface area contributed by atoms with Crippen molar-refractivity contribution in [2.45, 2.75) is 18.1 Å². The van der Waals surface area contributed by atoms with Crippen LogP contribution >= 0.6 is 12.4 Å². The summed E-state index contributed by atoms with van der Waals surface area (Å²) in [6.45, 7) is 0. The molecule has 2 N–H and O–H groups in total. The molecule has 0 fully saturated rings. The van der Waals surface area contributed by atoms with Crippen molar-refractivity contribution in [1.82, 2.24) is 0 Å². The minimum absolute atomic E-state index is 0. The zero-order valence-electron chi connectivity index (χ0n) is 8.74. The van der Waals surface area contributed by atoms with Crippen LogP contribution < -0.4 is 5.73 Å². The van der Waals surface area contributed by atoms with E-state index in [0.717, 1.165) is 0 Å². The number of rotatable bonds is 2. The Morgan fingerprint density at radius 1 is 0.895 bits per heavy atom. The first-order chi connectivity index (χ1) is 8.00. The Bertz CT molecular complexity index is 458. The van der Waals surface area contributed by atoms with Gasteiger partial charge in [-0.05, 0) is 6.07 Å². The molecule has 19 heavy (non-hydrogen) atoms. The van der Waals surface area contributed by atoms with E-state index in [-0.39, 0.29) is 24.5 Å². The first-order valence-electron chi connectivity index (χ1n) is 4.33. The molecule has 0 heterocycles. The fourth-order valence-corrected chi connectivity index (χ4v) is 1.15. The van der Waals surface area contributed by atoms with Crippen molar-refractivity contribution in [1.29, 1.82) is 0 Å². The van der Waals surface area contributed by atoms with Gasteiger partial charge in [-0.25, -0.2) is 13.2 Å². The second-order valence-corrected chi connectivity index (χ2v) is 3.36. The Morgan fingerprint density at radius 3 is 1.79 bits per heavy atom. The summed E-state index contributed by atoms with van der Waals surface area (Å²) in [6, 6.07) is -2.73. The van der Waals surface area contributed by atoms with Crippen molar-refractivity contribution < 1.29 is 35.1 Å².